The van der Waals surface area contributed by atoms with E-state index in [1.54, 1.807) is 48.5 Å². The minimum atomic E-state index is -5.67. The second kappa shape index (κ2) is 15.0. The van der Waals surface area contributed by atoms with Crippen LogP contribution in [0.4, 0.5) is 18.0 Å². The van der Waals surface area contributed by atoms with Crippen molar-refractivity contribution in [1.29, 1.82) is 0 Å². The smallest absolute Gasteiger partial charge is 0.346 e. The largest absolute Gasteiger partial charge is 0.511 e. The Morgan fingerprint density at radius 1 is 1.00 bits per heavy atom. The Bertz CT molecular complexity index is 1400. The number of amides is 5. The molecular formula is C32H53F3N6O7S. The fourth-order valence-corrected chi connectivity index (χ4v) is 6.95. The molecule has 1 heterocycles. The highest BCUT2D eigenvalue weighted by Crippen LogP contribution is 2.65. The Labute approximate surface area is 287 Å². The molecule has 1 aliphatic heterocycles. The third-order valence-corrected chi connectivity index (χ3v) is 11.0. The molecule has 2 aliphatic rings. The van der Waals surface area contributed by atoms with Gasteiger partial charge in [-0.05, 0) is 34.5 Å². The van der Waals surface area contributed by atoms with E-state index in [1.165, 1.54) is 11.0 Å². The minimum Gasteiger partial charge on any atom is -0.346 e. The summed E-state index contributed by atoms with van der Waals surface area (Å²) in [6.07, 6.45) is 2.08. The predicted octanol–water partition coefficient (Wildman–Crippen LogP) is 2.54. The maximum atomic E-state index is 14.2. The number of alkyl halides is 3. The summed E-state index contributed by atoms with van der Waals surface area (Å²) in [7, 11) is -4.91. The lowest BCUT2D eigenvalue weighted by molar-refractivity contribution is -0.145. The van der Waals surface area contributed by atoms with Crippen molar-refractivity contribution < 1.29 is 45.6 Å². The first-order valence-corrected chi connectivity index (χ1v) is 17.7. The van der Waals surface area contributed by atoms with Crippen molar-refractivity contribution in [3.05, 3.63) is 12.7 Å². The number of likely N-dealkylation sites (N-methyl/N-ethyl adjacent to an activating group) is 1. The fourth-order valence-electron chi connectivity index (χ4n) is 6.25. The summed E-state index contributed by atoms with van der Waals surface area (Å²) < 4.78 is 63.6. The van der Waals surface area contributed by atoms with Crippen molar-refractivity contribution in [1.82, 2.24) is 30.5 Å². The number of rotatable bonds is 14. The van der Waals surface area contributed by atoms with Crippen LogP contribution in [0.5, 0.6) is 0 Å². The van der Waals surface area contributed by atoms with Crippen LogP contribution in [0.25, 0.3) is 0 Å². The van der Waals surface area contributed by atoms with Gasteiger partial charge in [0.25, 0.3) is 5.91 Å². The van der Waals surface area contributed by atoms with E-state index < -0.39 is 86.6 Å². The third-order valence-electron chi connectivity index (χ3n) is 9.48. The number of carbonyl (C=O) groups is 5. The summed E-state index contributed by atoms with van der Waals surface area (Å²) in [5, 5.41) is 10.3. The molecule has 2 rings (SSSR count). The van der Waals surface area contributed by atoms with E-state index in [1.807, 2.05) is 13.8 Å². The molecule has 1 aliphatic carbocycles. The Hall–Kier alpha value is -3.21. The summed E-state index contributed by atoms with van der Waals surface area (Å²) in [5.74, 6) is -3.19. The molecule has 0 radical (unpaired) electrons. The van der Waals surface area contributed by atoms with Gasteiger partial charge in [-0.25, -0.2) is 13.2 Å². The molecule has 17 heteroatoms. The Kier molecular flexibility index (Phi) is 12.8. The van der Waals surface area contributed by atoms with Crippen LogP contribution in [0.3, 0.4) is 0 Å². The molecule has 0 aromatic rings. The Balaban J connectivity index is 2.34. The van der Waals surface area contributed by atoms with Gasteiger partial charge in [0.1, 0.15) is 12.1 Å². The van der Waals surface area contributed by atoms with Crippen LogP contribution >= 0.6 is 0 Å². The number of hydrogen-bond donors (Lipinski definition) is 4. The highest BCUT2D eigenvalue weighted by Gasteiger charge is 2.70. The molecule has 0 spiro atoms. The van der Waals surface area contributed by atoms with Crippen LogP contribution in [0.15, 0.2) is 12.7 Å². The zero-order valence-electron chi connectivity index (χ0n) is 30.1. The van der Waals surface area contributed by atoms with Gasteiger partial charge in [-0.15, -0.1) is 6.58 Å². The lowest BCUT2D eigenvalue weighted by Gasteiger charge is -2.39. The maximum Gasteiger partial charge on any atom is 0.511 e. The molecule has 2 fully saturated rings. The summed E-state index contributed by atoms with van der Waals surface area (Å²) in [4.78, 5) is 68.2. The number of urea groups is 1. The summed E-state index contributed by atoms with van der Waals surface area (Å²) in [6.45, 7) is 18.7. The van der Waals surface area contributed by atoms with Gasteiger partial charge in [-0.1, -0.05) is 74.8 Å². The number of carbonyl (C=O) groups excluding carboxylic acids is 5. The van der Waals surface area contributed by atoms with Gasteiger partial charge < -0.3 is 26.2 Å². The first kappa shape index (κ1) is 42.0. The van der Waals surface area contributed by atoms with E-state index in [0.29, 0.717) is 6.42 Å². The van der Waals surface area contributed by atoms with Crippen molar-refractivity contribution in [2.75, 3.05) is 26.7 Å². The molecule has 6 atom stereocenters. The third kappa shape index (κ3) is 9.52. The second-order valence-corrected chi connectivity index (χ2v) is 17.7. The molecular weight excluding hydrogens is 669 g/mol. The minimum absolute atomic E-state index is 0.0470. The topological polar surface area (TPSA) is 174 Å². The number of piperidine rings is 1. The van der Waals surface area contributed by atoms with Crippen LogP contribution in [0.1, 0.15) is 75.2 Å². The lowest BCUT2D eigenvalue weighted by Crippen LogP contribution is -2.63. The monoisotopic (exact) mass is 722 g/mol. The van der Waals surface area contributed by atoms with E-state index in [2.05, 4.69) is 27.8 Å². The predicted molar refractivity (Wildman–Crippen MR) is 177 cm³/mol. The molecule has 4 N–H and O–H groups in total. The van der Waals surface area contributed by atoms with Gasteiger partial charge >= 0.3 is 21.6 Å². The van der Waals surface area contributed by atoms with Crippen molar-refractivity contribution in [3.63, 3.8) is 0 Å². The lowest BCUT2D eigenvalue weighted by atomic mass is 9.85. The zero-order chi connectivity index (χ0) is 38.1. The fraction of sp³-hybridized carbons (Fsp3) is 0.781. The van der Waals surface area contributed by atoms with Crippen LogP contribution in [-0.4, -0.2) is 104 Å². The van der Waals surface area contributed by atoms with Crippen LogP contribution < -0.4 is 21.3 Å². The number of fused-ring (bicyclic) bond motifs is 1. The second-order valence-electron chi connectivity index (χ2n) is 15.7. The van der Waals surface area contributed by atoms with E-state index in [0.717, 1.165) is 7.05 Å². The van der Waals surface area contributed by atoms with Gasteiger partial charge in [-0.2, -0.15) is 17.5 Å². The number of likely N-dealkylation sites (tertiary alicyclic amines) is 1. The molecule has 5 amide bonds. The van der Waals surface area contributed by atoms with Gasteiger partial charge in [0.05, 0.1) is 6.04 Å². The summed E-state index contributed by atoms with van der Waals surface area (Å²) in [5.41, 5.74) is -7.66. The number of halogens is 3. The van der Waals surface area contributed by atoms with Crippen LogP contribution in [0, 0.1) is 28.1 Å². The number of hydrogen-bond acceptors (Lipinski definition) is 7. The van der Waals surface area contributed by atoms with Gasteiger partial charge in [0, 0.05) is 32.7 Å². The Morgan fingerprint density at radius 3 is 2.04 bits per heavy atom. The van der Waals surface area contributed by atoms with Crippen molar-refractivity contribution in [3.8, 4) is 0 Å². The normalized spacial score (nSPS) is 22.3. The number of nitrogens with one attached hydrogen (secondary N) is 4. The summed E-state index contributed by atoms with van der Waals surface area (Å²) in [6, 6.07) is -5.39. The molecule has 1 unspecified atom stereocenters. The average molecular weight is 723 g/mol. The molecule has 280 valence electrons. The first-order chi connectivity index (χ1) is 22.1. The van der Waals surface area contributed by atoms with Crippen molar-refractivity contribution >= 4 is 39.6 Å². The molecule has 1 saturated carbocycles. The number of nitrogens with zero attached hydrogens (tertiary/aromatic N) is 2. The van der Waals surface area contributed by atoms with E-state index in [9.17, 15) is 45.6 Å². The Morgan fingerprint density at radius 2 is 1.57 bits per heavy atom. The van der Waals surface area contributed by atoms with Crippen molar-refractivity contribution in [2.24, 2.45) is 28.1 Å². The average Bonchev–Trinajstić information content (AvgIpc) is 3.26. The molecule has 0 bridgehead atoms. The molecule has 0 aromatic carbocycles. The highest BCUT2D eigenvalue weighted by molar-refractivity contribution is 7.89. The number of ketones is 1. The van der Waals surface area contributed by atoms with Crippen molar-refractivity contribution in [2.45, 2.75) is 105 Å². The van der Waals surface area contributed by atoms with E-state index in [-0.39, 0.29) is 41.1 Å². The SMILES string of the molecule is C=CCNC(=O)C(=O)C(CCC)NC(=O)[C@@H]1[C@@H]2[C@H](CN1C(=O)[C@@H](NC(=O)N[C@H](CN(C)S(=O)(=O)C(F)(F)F)C(C)(C)C)C(C)(C)C)C2(C)C. The standard InChI is InChI=1S/C32H53F3N6O7S/c1-12-14-19(23(42)26(44)36-15-13-2)37-25(43)22-21-18(31(21,9)10)16-41(22)27(45)24(30(6,7)8)39-28(46)38-20(29(3,4)5)17-40(11)49(47,48)32(33,34)35/h13,18-22,24H,2,12,14-17H2,1,3-11H3,(H,36,44)(H,37,43)(H2,38,39,46)/t18-,19?,20+,21-,22-,24+/m0/s1. The van der Waals surface area contributed by atoms with E-state index >= 15 is 0 Å². The van der Waals surface area contributed by atoms with E-state index in [4.69, 9.17) is 0 Å². The first-order valence-electron chi connectivity index (χ1n) is 16.3. The zero-order valence-corrected chi connectivity index (χ0v) is 30.9. The molecule has 1 saturated heterocycles. The van der Waals surface area contributed by atoms with Crippen LogP contribution in [-0.2, 0) is 29.2 Å². The van der Waals surface area contributed by atoms with Crippen LogP contribution in [0.2, 0.25) is 0 Å². The van der Waals surface area contributed by atoms with Gasteiger partial charge in [0.2, 0.25) is 17.6 Å². The highest BCUT2D eigenvalue weighted by atomic mass is 32.2. The molecule has 13 nitrogen and oxygen atoms in total. The number of Topliss-reactive ketones (excluding diaryl/α,β-unsaturated/α-hetero) is 1. The quantitative estimate of drug-likeness (QED) is 0.158. The molecule has 0 aromatic heterocycles. The maximum absolute atomic E-state index is 14.2. The number of sulfonamides is 1. The molecule has 49 heavy (non-hydrogen) atoms. The summed E-state index contributed by atoms with van der Waals surface area (Å²) >= 11 is 0. The van der Waals surface area contributed by atoms with Gasteiger partial charge in [-0.3, -0.25) is 19.2 Å². The van der Waals surface area contributed by atoms with Gasteiger partial charge in [0.15, 0.2) is 0 Å².